The van der Waals surface area contributed by atoms with E-state index in [1.165, 1.54) is 4.57 Å². The van der Waals surface area contributed by atoms with Crippen LogP contribution in [-0.4, -0.2) is 35.1 Å². The Bertz CT molecular complexity index is 688. The molecule has 0 radical (unpaired) electrons. The molecule has 1 aliphatic heterocycles. The number of amides is 2. The van der Waals surface area contributed by atoms with E-state index in [9.17, 15) is 9.59 Å². The van der Waals surface area contributed by atoms with E-state index in [4.69, 9.17) is 10.2 Å². The normalized spacial score (nSPS) is 15.2. The number of nitrogen functional groups attached to an aromatic ring is 1. The number of urea groups is 1. The van der Waals surface area contributed by atoms with E-state index >= 15 is 0 Å². The quantitative estimate of drug-likeness (QED) is 0.773. The van der Waals surface area contributed by atoms with Crippen LogP contribution < -0.4 is 16.8 Å². The summed E-state index contributed by atoms with van der Waals surface area (Å²) >= 11 is 0. The van der Waals surface area contributed by atoms with Gasteiger partial charge in [0, 0.05) is 31.9 Å². The van der Waals surface area contributed by atoms with Gasteiger partial charge in [-0.05, 0) is 18.2 Å². The third-order valence-corrected chi connectivity index (χ3v) is 3.23. The minimum Gasteiger partial charge on any atom is -0.408 e. The number of rotatable bonds is 3. The van der Waals surface area contributed by atoms with Crippen LogP contribution in [-0.2, 0) is 6.54 Å². The lowest BCUT2D eigenvalue weighted by molar-refractivity contribution is 0.215. The van der Waals surface area contributed by atoms with Gasteiger partial charge in [-0.2, -0.15) is 0 Å². The number of oxazole rings is 1. The number of nitrogens with one attached hydrogen (secondary N) is 1. The molecule has 2 aromatic rings. The molecule has 3 rings (SSSR count). The number of anilines is 1. The van der Waals surface area contributed by atoms with E-state index in [2.05, 4.69) is 5.32 Å². The van der Waals surface area contributed by atoms with Gasteiger partial charge in [0.25, 0.3) is 0 Å². The van der Waals surface area contributed by atoms with E-state index in [1.807, 2.05) is 0 Å². The van der Waals surface area contributed by atoms with Gasteiger partial charge in [0.2, 0.25) is 0 Å². The maximum absolute atomic E-state index is 11.8. The lowest BCUT2D eigenvalue weighted by Crippen LogP contribution is -2.32. The molecule has 7 heteroatoms. The fourth-order valence-electron chi connectivity index (χ4n) is 2.24. The molecule has 1 aromatic carbocycles. The second-order valence-corrected chi connectivity index (χ2v) is 4.47. The third kappa shape index (κ3) is 2.03. The van der Waals surface area contributed by atoms with E-state index in [-0.39, 0.29) is 6.03 Å². The number of aromatic nitrogens is 1. The molecule has 1 fully saturated rings. The molecule has 0 saturated carbocycles. The molecule has 0 atom stereocenters. The van der Waals surface area contributed by atoms with E-state index < -0.39 is 5.76 Å². The highest BCUT2D eigenvalue weighted by molar-refractivity contribution is 5.77. The van der Waals surface area contributed by atoms with Crippen LogP contribution in [0.1, 0.15) is 0 Å². The van der Waals surface area contributed by atoms with E-state index in [0.717, 1.165) is 0 Å². The Hall–Kier alpha value is -2.44. The number of nitrogens with zero attached hydrogens (tertiary/aromatic N) is 2. The molecular formula is C12H14N4O3. The monoisotopic (exact) mass is 262 g/mol. The maximum atomic E-state index is 11.8. The molecule has 1 aliphatic rings. The lowest BCUT2D eigenvalue weighted by Gasteiger charge is -2.13. The average Bonchev–Trinajstić information content (AvgIpc) is 2.90. The van der Waals surface area contributed by atoms with Gasteiger partial charge in [0.1, 0.15) is 0 Å². The van der Waals surface area contributed by atoms with Gasteiger partial charge in [-0.15, -0.1) is 0 Å². The van der Waals surface area contributed by atoms with Crippen LogP contribution in [0.2, 0.25) is 0 Å². The highest BCUT2D eigenvalue weighted by atomic mass is 16.4. The van der Waals surface area contributed by atoms with Crippen LogP contribution in [0.15, 0.2) is 27.4 Å². The van der Waals surface area contributed by atoms with Crippen LogP contribution >= 0.6 is 0 Å². The Kier molecular flexibility index (Phi) is 2.66. The molecule has 1 saturated heterocycles. The number of hydrogen-bond acceptors (Lipinski definition) is 4. The summed E-state index contributed by atoms with van der Waals surface area (Å²) in [5, 5.41) is 2.72. The van der Waals surface area contributed by atoms with Crippen LogP contribution in [0, 0.1) is 0 Å². The summed E-state index contributed by atoms with van der Waals surface area (Å²) in [6.45, 7) is 2.16. The maximum Gasteiger partial charge on any atom is 0.420 e. The number of carbonyl (C=O) groups is 1. The first kappa shape index (κ1) is 11.6. The van der Waals surface area contributed by atoms with Crippen molar-refractivity contribution in [1.82, 2.24) is 14.8 Å². The topological polar surface area (TPSA) is 93.5 Å². The fourth-order valence-corrected chi connectivity index (χ4v) is 2.24. The van der Waals surface area contributed by atoms with Gasteiger partial charge in [0.15, 0.2) is 5.58 Å². The average molecular weight is 262 g/mol. The molecule has 2 heterocycles. The van der Waals surface area contributed by atoms with Gasteiger partial charge in [-0.25, -0.2) is 9.59 Å². The molecule has 19 heavy (non-hydrogen) atoms. The van der Waals surface area contributed by atoms with Crippen molar-refractivity contribution < 1.29 is 9.21 Å². The fraction of sp³-hybridized carbons (Fsp3) is 0.333. The SMILES string of the molecule is Nc1ccc2oc(=O)n(CCN3CCNC3=O)c2c1. The molecule has 1 aromatic heterocycles. The first-order valence-electron chi connectivity index (χ1n) is 6.07. The molecule has 0 aliphatic carbocycles. The van der Waals surface area contributed by atoms with Crippen molar-refractivity contribution in [3.63, 3.8) is 0 Å². The van der Waals surface area contributed by atoms with Crippen molar-refractivity contribution in [2.75, 3.05) is 25.4 Å². The summed E-state index contributed by atoms with van der Waals surface area (Å²) in [6.07, 6.45) is 0. The zero-order valence-corrected chi connectivity index (χ0v) is 10.3. The van der Waals surface area contributed by atoms with Gasteiger partial charge in [-0.1, -0.05) is 0 Å². The van der Waals surface area contributed by atoms with Crippen LogP contribution in [0.3, 0.4) is 0 Å². The third-order valence-electron chi connectivity index (χ3n) is 3.23. The van der Waals surface area contributed by atoms with Crippen LogP contribution in [0.5, 0.6) is 0 Å². The molecule has 7 nitrogen and oxygen atoms in total. The highest BCUT2D eigenvalue weighted by Crippen LogP contribution is 2.16. The zero-order chi connectivity index (χ0) is 13.4. The second-order valence-electron chi connectivity index (χ2n) is 4.47. The zero-order valence-electron chi connectivity index (χ0n) is 10.3. The Labute approximate surface area is 108 Å². The van der Waals surface area contributed by atoms with Gasteiger partial charge in [0.05, 0.1) is 5.52 Å². The number of hydrogen-bond donors (Lipinski definition) is 2. The van der Waals surface area contributed by atoms with Crippen molar-refractivity contribution in [3.8, 4) is 0 Å². The van der Waals surface area contributed by atoms with Gasteiger partial charge < -0.3 is 20.4 Å². The summed E-state index contributed by atoms with van der Waals surface area (Å²) in [7, 11) is 0. The second kappa shape index (κ2) is 4.34. The van der Waals surface area contributed by atoms with Crippen molar-refractivity contribution in [2.45, 2.75) is 6.54 Å². The largest absolute Gasteiger partial charge is 0.420 e. The molecule has 0 spiro atoms. The van der Waals surface area contributed by atoms with E-state index in [0.29, 0.717) is 43.0 Å². The number of benzene rings is 1. The predicted molar refractivity (Wildman–Crippen MR) is 69.9 cm³/mol. The first-order valence-corrected chi connectivity index (χ1v) is 6.07. The first-order chi connectivity index (χ1) is 9.15. The van der Waals surface area contributed by atoms with Crippen molar-refractivity contribution in [1.29, 1.82) is 0 Å². The Morgan fingerprint density at radius 3 is 2.89 bits per heavy atom. The minimum absolute atomic E-state index is 0.0969. The highest BCUT2D eigenvalue weighted by Gasteiger charge is 2.19. The van der Waals surface area contributed by atoms with Crippen LogP contribution in [0.4, 0.5) is 10.5 Å². The number of carbonyl (C=O) groups excluding carboxylic acids is 1. The Morgan fingerprint density at radius 2 is 2.16 bits per heavy atom. The lowest BCUT2D eigenvalue weighted by atomic mass is 10.3. The molecule has 2 amide bonds. The molecule has 100 valence electrons. The summed E-state index contributed by atoms with van der Waals surface area (Å²) in [6, 6.07) is 4.96. The van der Waals surface area contributed by atoms with Gasteiger partial charge in [-0.3, -0.25) is 4.57 Å². The summed E-state index contributed by atoms with van der Waals surface area (Å²) < 4.78 is 6.63. The van der Waals surface area contributed by atoms with Crippen molar-refractivity contribution in [2.24, 2.45) is 0 Å². The van der Waals surface area contributed by atoms with Crippen molar-refractivity contribution in [3.05, 3.63) is 28.7 Å². The Balaban J connectivity index is 1.87. The van der Waals surface area contributed by atoms with E-state index in [1.54, 1.807) is 23.1 Å². The molecule has 0 unspecified atom stereocenters. The standard InChI is InChI=1S/C12H14N4O3/c13-8-1-2-10-9(7-8)16(12(18)19-10)6-5-15-4-3-14-11(15)17/h1-2,7H,3-6,13H2,(H,14,17). The van der Waals surface area contributed by atoms with Crippen molar-refractivity contribution >= 4 is 22.8 Å². The molecule has 3 N–H and O–H groups in total. The molecule has 0 bridgehead atoms. The number of nitrogens with two attached hydrogens (primary N) is 1. The summed E-state index contributed by atoms with van der Waals surface area (Å²) in [5.41, 5.74) is 7.44. The smallest absolute Gasteiger partial charge is 0.408 e. The van der Waals surface area contributed by atoms with Crippen LogP contribution in [0.25, 0.3) is 11.1 Å². The molecular weight excluding hydrogens is 248 g/mol. The number of fused-ring (bicyclic) bond motifs is 1. The minimum atomic E-state index is -0.430. The van der Waals surface area contributed by atoms with Gasteiger partial charge >= 0.3 is 11.8 Å². The summed E-state index contributed by atoms with van der Waals surface area (Å²) in [5.74, 6) is -0.430. The predicted octanol–water partition coefficient (Wildman–Crippen LogP) is 0.202. The Morgan fingerprint density at radius 1 is 1.32 bits per heavy atom. The summed E-state index contributed by atoms with van der Waals surface area (Å²) in [4.78, 5) is 24.9.